The number of aromatic nitrogens is 2. The summed E-state index contributed by atoms with van der Waals surface area (Å²) in [6, 6.07) is 25.8. The number of likely N-dealkylation sites (tertiary alicyclic amines) is 1. The predicted molar refractivity (Wildman–Crippen MR) is 145 cm³/mol. The zero-order valence-electron chi connectivity index (χ0n) is 20.8. The van der Waals surface area contributed by atoms with Crippen LogP contribution in [0.15, 0.2) is 91.1 Å². The smallest absolute Gasteiger partial charge is 0.253 e. The summed E-state index contributed by atoms with van der Waals surface area (Å²) in [6.07, 6.45) is 3.67. The van der Waals surface area contributed by atoms with E-state index in [9.17, 15) is 9.18 Å². The number of amides is 1. The van der Waals surface area contributed by atoms with Gasteiger partial charge in [0.05, 0.1) is 0 Å². The Morgan fingerprint density at radius 3 is 2.24 bits per heavy atom. The highest BCUT2D eigenvalue weighted by Crippen LogP contribution is 2.32. The van der Waals surface area contributed by atoms with Gasteiger partial charge in [-0.2, -0.15) is 4.98 Å². The number of benzene rings is 3. The summed E-state index contributed by atoms with van der Waals surface area (Å²) in [5.41, 5.74) is 3.56. The topological polar surface area (TPSA) is 70.2 Å². The maximum Gasteiger partial charge on any atom is 0.253 e. The average Bonchev–Trinajstić information content (AvgIpc) is 2.95. The number of hydrogen-bond donors (Lipinski definition) is 2. The van der Waals surface area contributed by atoms with Gasteiger partial charge < -0.3 is 15.5 Å². The molecular weight excluding hydrogens is 465 g/mol. The Labute approximate surface area is 216 Å². The van der Waals surface area contributed by atoms with E-state index < -0.39 is 0 Å². The minimum absolute atomic E-state index is 0.0686. The summed E-state index contributed by atoms with van der Waals surface area (Å²) in [5, 5.41) is 6.30. The first kappa shape index (κ1) is 24.4. The second-order valence-electron chi connectivity index (χ2n) is 9.43. The molecule has 1 aliphatic heterocycles. The van der Waals surface area contributed by atoms with Gasteiger partial charge in [-0.25, -0.2) is 9.37 Å². The molecule has 188 valence electrons. The van der Waals surface area contributed by atoms with Crippen molar-refractivity contribution in [3.8, 4) is 0 Å². The number of hydrogen-bond acceptors (Lipinski definition) is 5. The van der Waals surface area contributed by atoms with E-state index >= 15 is 0 Å². The molecule has 0 radical (unpaired) electrons. The summed E-state index contributed by atoms with van der Waals surface area (Å²) in [4.78, 5) is 23.8. The minimum Gasteiger partial charge on any atom is -0.340 e. The van der Waals surface area contributed by atoms with E-state index in [1.165, 1.54) is 17.7 Å². The highest BCUT2D eigenvalue weighted by atomic mass is 19.1. The molecule has 0 spiro atoms. The second kappa shape index (κ2) is 11.2. The molecule has 1 atom stereocenters. The number of nitrogens with zero attached hydrogens (tertiary/aromatic N) is 3. The van der Waals surface area contributed by atoms with Gasteiger partial charge in [0.15, 0.2) is 0 Å². The van der Waals surface area contributed by atoms with Crippen LogP contribution in [0, 0.1) is 11.7 Å². The largest absolute Gasteiger partial charge is 0.340 e. The summed E-state index contributed by atoms with van der Waals surface area (Å²) in [6.45, 7) is 3.85. The predicted octanol–water partition coefficient (Wildman–Crippen LogP) is 6.76. The van der Waals surface area contributed by atoms with Gasteiger partial charge in [-0.3, -0.25) is 4.79 Å². The first-order valence-electron chi connectivity index (χ1n) is 12.6. The van der Waals surface area contributed by atoms with Crippen molar-refractivity contribution in [2.75, 3.05) is 23.7 Å². The van der Waals surface area contributed by atoms with Crippen LogP contribution in [-0.4, -0.2) is 33.9 Å². The zero-order valence-corrected chi connectivity index (χ0v) is 20.8. The molecule has 37 heavy (non-hydrogen) atoms. The molecular formula is C30H30FN5O. The molecule has 0 saturated carbocycles. The molecule has 1 aliphatic rings. The molecule has 7 heteroatoms. The molecule has 1 amide bonds. The zero-order chi connectivity index (χ0) is 25.6. The van der Waals surface area contributed by atoms with Crippen molar-refractivity contribution in [3.63, 3.8) is 0 Å². The summed E-state index contributed by atoms with van der Waals surface area (Å²) >= 11 is 0. The molecule has 0 bridgehead atoms. The summed E-state index contributed by atoms with van der Waals surface area (Å²) < 4.78 is 13.1. The highest BCUT2D eigenvalue weighted by molar-refractivity contribution is 5.94. The Morgan fingerprint density at radius 1 is 0.892 bits per heavy atom. The number of piperidine rings is 1. The maximum absolute atomic E-state index is 13.1. The van der Waals surface area contributed by atoms with Gasteiger partial charge >= 0.3 is 0 Å². The second-order valence-corrected chi connectivity index (χ2v) is 9.43. The van der Waals surface area contributed by atoms with Gasteiger partial charge in [0.1, 0.15) is 11.6 Å². The van der Waals surface area contributed by atoms with Crippen molar-refractivity contribution in [1.29, 1.82) is 0 Å². The van der Waals surface area contributed by atoms with Crippen LogP contribution in [0.4, 0.5) is 27.5 Å². The van der Waals surface area contributed by atoms with Crippen molar-refractivity contribution in [3.05, 3.63) is 108 Å². The monoisotopic (exact) mass is 495 g/mol. The molecule has 3 aromatic carbocycles. The lowest BCUT2D eigenvalue weighted by Gasteiger charge is -2.35. The molecule has 4 aromatic rings. The maximum atomic E-state index is 13.1. The van der Waals surface area contributed by atoms with Gasteiger partial charge in [0.2, 0.25) is 5.95 Å². The van der Waals surface area contributed by atoms with E-state index in [1.54, 1.807) is 24.4 Å². The fourth-order valence-electron chi connectivity index (χ4n) is 4.81. The van der Waals surface area contributed by atoms with E-state index in [0.29, 0.717) is 29.2 Å². The first-order chi connectivity index (χ1) is 18.0. The number of anilines is 4. The Hall–Kier alpha value is -4.26. The summed E-state index contributed by atoms with van der Waals surface area (Å²) in [7, 11) is 0. The van der Waals surface area contributed by atoms with Gasteiger partial charge in [-0.05, 0) is 84.8 Å². The van der Waals surface area contributed by atoms with Gasteiger partial charge in [-0.1, -0.05) is 37.3 Å². The molecule has 1 saturated heterocycles. The normalized spacial score (nSPS) is 14.7. The fraction of sp³-hybridized carbons (Fsp3) is 0.233. The van der Waals surface area contributed by atoms with Crippen molar-refractivity contribution in [1.82, 2.24) is 14.9 Å². The highest BCUT2D eigenvalue weighted by Gasteiger charge is 2.27. The van der Waals surface area contributed by atoms with Crippen LogP contribution in [0.2, 0.25) is 0 Å². The number of carbonyl (C=O) groups is 1. The molecule has 5 rings (SSSR count). The fourth-order valence-corrected chi connectivity index (χ4v) is 4.81. The van der Waals surface area contributed by atoms with Crippen molar-refractivity contribution in [2.45, 2.75) is 25.7 Å². The third kappa shape index (κ3) is 6.12. The average molecular weight is 496 g/mol. The third-order valence-corrected chi connectivity index (χ3v) is 7.02. The summed E-state index contributed by atoms with van der Waals surface area (Å²) in [5.74, 6) is 1.86. The molecule has 1 aromatic heterocycles. The van der Waals surface area contributed by atoms with Crippen molar-refractivity contribution >= 4 is 29.0 Å². The van der Waals surface area contributed by atoms with Crippen molar-refractivity contribution in [2.24, 2.45) is 5.92 Å². The van der Waals surface area contributed by atoms with Crippen LogP contribution in [0.3, 0.4) is 0 Å². The Bertz CT molecular complexity index is 1320. The number of halogens is 1. The van der Waals surface area contributed by atoms with Crippen LogP contribution < -0.4 is 10.6 Å². The van der Waals surface area contributed by atoms with Crippen molar-refractivity contribution < 1.29 is 9.18 Å². The Kier molecular flexibility index (Phi) is 7.40. The van der Waals surface area contributed by atoms with E-state index in [0.717, 1.165) is 37.3 Å². The number of rotatable bonds is 7. The standard InChI is InChI=1S/C30H30FN5O/c1-21(22-5-3-2-4-6-22)23-16-19-36(20-17-23)29(37)24-7-11-27(12-8-24)34-30-32-18-15-28(35-30)33-26-13-9-25(31)10-14-26/h2-15,18,21,23H,16-17,19-20H2,1H3,(H2,32,33,34,35)/t21-/m1/s1. The first-order valence-corrected chi connectivity index (χ1v) is 12.6. The van der Waals surface area contributed by atoms with Gasteiger partial charge in [0, 0.05) is 36.2 Å². The van der Waals surface area contributed by atoms with Crippen LogP contribution in [0.25, 0.3) is 0 Å². The molecule has 2 N–H and O–H groups in total. The molecule has 0 aliphatic carbocycles. The Morgan fingerprint density at radius 2 is 1.54 bits per heavy atom. The van der Waals surface area contributed by atoms with Gasteiger partial charge in [-0.15, -0.1) is 0 Å². The lowest BCUT2D eigenvalue weighted by molar-refractivity contribution is 0.0680. The quantitative estimate of drug-likeness (QED) is 0.296. The van der Waals surface area contributed by atoms with Crippen LogP contribution >= 0.6 is 0 Å². The van der Waals surface area contributed by atoms with Crippen LogP contribution in [0.1, 0.15) is 41.6 Å². The Balaban J connectivity index is 1.16. The van der Waals surface area contributed by atoms with E-state index in [1.807, 2.05) is 29.2 Å². The van der Waals surface area contributed by atoms with E-state index in [-0.39, 0.29) is 11.7 Å². The minimum atomic E-state index is -0.292. The molecule has 1 fully saturated rings. The van der Waals surface area contributed by atoms with E-state index in [2.05, 4.69) is 57.9 Å². The molecule has 0 unspecified atom stereocenters. The number of nitrogens with one attached hydrogen (secondary N) is 2. The molecule has 6 nitrogen and oxygen atoms in total. The molecule has 2 heterocycles. The third-order valence-electron chi connectivity index (χ3n) is 7.02. The van der Waals surface area contributed by atoms with Crippen LogP contribution in [-0.2, 0) is 0 Å². The van der Waals surface area contributed by atoms with E-state index in [4.69, 9.17) is 0 Å². The number of carbonyl (C=O) groups excluding carboxylic acids is 1. The lowest BCUT2D eigenvalue weighted by atomic mass is 9.81. The lowest BCUT2D eigenvalue weighted by Crippen LogP contribution is -2.39. The van der Waals surface area contributed by atoms with Gasteiger partial charge in [0.25, 0.3) is 5.91 Å². The SMILES string of the molecule is C[C@H](c1ccccc1)C1CCN(C(=O)c2ccc(Nc3nccc(Nc4ccc(F)cc4)n3)cc2)CC1. The van der Waals surface area contributed by atoms with Crippen LogP contribution in [0.5, 0.6) is 0 Å².